The summed E-state index contributed by atoms with van der Waals surface area (Å²) >= 11 is 0. The number of methoxy groups -OCH3 is 1. The number of nitrogens with zero attached hydrogens (tertiary/aromatic N) is 1. The molecule has 2 unspecified atom stereocenters. The fourth-order valence-corrected chi connectivity index (χ4v) is 3.92. The summed E-state index contributed by atoms with van der Waals surface area (Å²) in [7, 11) is -2.02. The van der Waals surface area contributed by atoms with E-state index in [2.05, 4.69) is 0 Å². The van der Waals surface area contributed by atoms with Crippen LogP contribution in [0.3, 0.4) is 0 Å². The predicted molar refractivity (Wildman–Crippen MR) is 72.6 cm³/mol. The molecule has 1 aromatic rings. The van der Waals surface area contributed by atoms with Gasteiger partial charge in [0.1, 0.15) is 0 Å². The minimum atomic E-state index is -3.36. The maximum atomic E-state index is 11.9. The normalized spacial score (nSPS) is 22.8. The largest absolute Gasteiger partial charge is 0.469 e. The van der Waals surface area contributed by atoms with Crippen molar-refractivity contribution in [2.24, 2.45) is 0 Å². The summed E-state index contributed by atoms with van der Waals surface area (Å²) in [5.74, 6) is -0.735. The first-order valence-corrected chi connectivity index (χ1v) is 7.87. The van der Waals surface area contributed by atoms with Crippen LogP contribution < -0.4 is 4.31 Å². The van der Waals surface area contributed by atoms with Gasteiger partial charge in [-0.15, -0.1) is 0 Å². The maximum absolute atomic E-state index is 11.9. The molecule has 0 N–H and O–H groups in total. The van der Waals surface area contributed by atoms with Gasteiger partial charge in [-0.05, 0) is 25.0 Å². The standard InChI is InChI=1S/C13H17NO4S/c1-9-8-11(13(15)18-2)10-6-4-5-7-12(10)14(9)19(3,16)17/h4-7,9,11H,8H2,1-3H3. The summed E-state index contributed by atoms with van der Waals surface area (Å²) < 4.78 is 30.0. The lowest BCUT2D eigenvalue weighted by Gasteiger charge is -2.38. The second-order valence-corrected chi connectivity index (χ2v) is 6.64. The second kappa shape index (κ2) is 4.85. The van der Waals surface area contributed by atoms with E-state index < -0.39 is 15.9 Å². The number of carbonyl (C=O) groups excluding carboxylic acids is 1. The Labute approximate surface area is 113 Å². The van der Waals surface area contributed by atoms with E-state index in [1.54, 1.807) is 31.2 Å². The van der Waals surface area contributed by atoms with Gasteiger partial charge in [0.25, 0.3) is 0 Å². The Morgan fingerprint density at radius 3 is 2.58 bits per heavy atom. The Balaban J connectivity index is 2.58. The highest BCUT2D eigenvalue weighted by Gasteiger charge is 2.38. The summed E-state index contributed by atoms with van der Waals surface area (Å²) in [6.45, 7) is 1.80. The first-order valence-electron chi connectivity index (χ1n) is 6.02. The highest BCUT2D eigenvalue weighted by atomic mass is 32.2. The summed E-state index contributed by atoms with van der Waals surface area (Å²) in [4.78, 5) is 11.8. The van der Waals surface area contributed by atoms with Crippen LogP contribution in [0.4, 0.5) is 5.69 Å². The van der Waals surface area contributed by atoms with Crippen LogP contribution in [-0.2, 0) is 19.6 Å². The molecule has 1 aliphatic rings. The molecule has 2 atom stereocenters. The van der Waals surface area contributed by atoms with Gasteiger partial charge >= 0.3 is 5.97 Å². The van der Waals surface area contributed by atoms with E-state index >= 15 is 0 Å². The number of esters is 1. The minimum Gasteiger partial charge on any atom is -0.469 e. The molecule has 5 nitrogen and oxygen atoms in total. The summed E-state index contributed by atoms with van der Waals surface area (Å²) in [6.07, 6.45) is 1.61. The highest BCUT2D eigenvalue weighted by molar-refractivity contribution is 7.92. The molecule has 0 bridgehead atoms. The fourth-order valence-electron chi connectivity index (χ4n) is 2.66. The molecular formula is C13H17NO4S. The Bertz CT molecular complexity index is 596. The van der Waals surface area contributed by atoms with Gasteiger partial charge < -0.3 is 4.74 Å². The molecule has 0 radical (unpaired) electrons. The van der Waals surface area contributed by atoms with Gasteiger partial charge in [-0.25, -0.2) is 8.42 Å². The lowest BCUT2D eigenvalue weighted by Crippen LogP contribution is -2.43. The number of hydrogen-bond acceptors (Lipinski definition) is 4. The first-order chi connectivity index (χ1) is 8.86. The Hall–Kier alpha value is -1.56. The lowest BCUT2D eigenvalue weighted by molar-refractivity contribution is -0.142. The SMILES string of the molecule is COC(=O)C1CC(C)N(S(C)(=O)=O)c2ccccc21. The molecule has 19 heavy (non-hydrogen) atoms. The molecule has 104 valence electrons. The van der Waals surface area contributed by atoms with E-state index in [0.29, 0.717) is 17.7 Å². The van der Waals surface area contributed by atoms with Gasteiger partial charge in [-0.2, -0.15) is 0 Å². The van der Waals surface area contributed by atoms with Crippen molar-refractivity contribution in [3.63, 3.8) is 0 Å². The molecule has 0 saturated carbocycles. The number of fused-ring (bicyclic) bond motifs is 1. The van der Waals surface area contributed by atoms with Gasteiger partial charge in [0.05, 0.1) is 25.0 Å². The number of hydrogen-bond donors (Lipinski definition) is 0. The van der Waals surface area contributed by atoms with Crippen molar-refractivity contribution in [2.45, 2.75) is 25.3 Å². The molecule has 1 heterocycles. The zero-order valence-electron chi connectivity index (χ0n) is 11.2. The van der Waals surface area contributed by atoms with E-state index in [-0.39, 0.29) is 12.0 Å². The third-order valence-corrected chi connectivity index (χ3v) is 4.64. The van der Waals surface area contributed by atoms with Gasteiger partial charge in [0, 0.05) is 6.04 Å². The average Bonchev–Trinajstić information content (AvgIpc) is 2.35. The minimum absolute atomic E-state index is 0.269. The van der Waals surface area contributed by atoms with Gasteiger partial charge in [-0.1, -0.05) is 18.2 Å². The maximum Gasteiger partial charge on any atom is 0.313 e. The number of rotatable bonds is 2. The van der Waals surface area contributed by atoms with Crippen LogP contribution in [0.1, 0.15) is 24.8 Å². The van der Waals surface area contributed by atoms with E-state index in [1.165, 1.54) is 17.7 Å². The van der Waals surface area contributed by atoms with Crippen LogP contribution in [0.25, 0.3) is 0 Å². The summed E-state index contributed by atoms with van der Waals surface area (Å²) in [5.41, 5.74) is 1.28. The van der Waals surface area contributed by atoms with Gasteiger partial charge in [0.15, 0.2) is 0 Å². The molecule has 1 aromatic carbocycles. The van der Waals surface area contributed by atoms with E-state index in [9.17, 15) is 13.2 Å². The van der Waals surface area contributed by atoms with Crippen LogP contribution >= 0.6 is 0 Å². The lowest BCUT2D eigenvalue weighted by atomic mass is 9.87. The molecular weight excluding hydrogens is 266 g/mol. The van der Waals surface area contributed by atoms with Crippen LogP contribution in [-0.4, -0.2) is 33.8 Å². The summed E-state index contributed by atoms with van der Waals surface area (Å²) in [6, 6.07) is 6.80. The average molecular weight is 283 g/mol. The van der Waals surface area contributed by atoms with Crippen molar-refractivity contribution < 1.29 is 17.9 Å². The van der Waals surface area contributed by atoms with Crippen LogP contribution in [0.15, 0.2) is 24.3 Å². The number of ether oxygens (including phenoxy) is 1. The molecule has 0 spiro atoms. The van der Waals surface area contributed by atoms with Crippen molar-refractivity contribution in [1.29, 1.82) is 0 Å². The Morgan fingerprint density at radius 2 is 2.00 bits per heavy atom. The molecule has 0 amide bonds. The smallest absolute Gasteiger partial charge is 0.313 e. The van der Waals surface area contributed by atoms with Crippen molar-refractivity contribution in [3.8, 4) is 0 Å². The molecule has 0 aliphatic carbocycles. The highest BCUT2D eigenvalue weighted by Crippen LogP contribution is 2.40. The van der Waals surface area contributed by atoms with Crippen molar-refractivity contribution in [2.75, 3.05) is 17.7 Å². The Morgan fingerprint density at radius 1 is 1.37 bits per heavy atom. The summed E-state index contributed by atoms with van der Waals surface area (Å²) in [5, 5.41) is 0. The van der Waals surface area contributed by atoms with Crippen LogP contribution in [0.2, 0.25) is 0 Å². The second-order valence-electron chi connectivity index (χ2n) is 4.78. The zero-order valence-corrected chi connectivity index (χ0v) is 12.0. The van der Waals surface area contributed by atoms with E-state index in [0.717, 1.165) is 0 Å². The molecule has 2 rings (SSSR count). The molecule has 0 aromatic heterocycles. The van der Waals surface area contributed by atoms with E-state index in [4.69, 9.17) is 4.74 Å². The number of anilines is 1. The number of carbonyl (C=O) groups is 1. The van der Waals surface area contributed by atoms with E-state index in [1.807, 2.05) is 0 Å². The van der Waals surface area contributed by atoms with Gasteiger partial charge in [-0.3, -0.25) is 9.10 Å². The first kappa shape index (κ1) is 13.9. The number of benzene rings is 1. The third-order valence-electron chi connectivity index (χ3n) is 3.37. The third kappa shape index (κ3) is 2.45. The number of sulfonamides is 1. The molecule has 0 fully saturated rings. The van der Waals surface area contributed by atoms with Crippen LogP contribution in [0, 0.1) is 0 Å². The molecule has 6 heteroatoms. The van der Waals surface area contributed by atoms with Gasteiger partial charge in [0.2, 0.25) is 10.0 Å². The quantitative estimate of drug-likeness (QED) is 0.772. The monoisotopic (exact) mass is 283 g/mol. The van der Waals surface area contributed by atoms with Crippen molar-refractivity contribution in [1.82, 2.24) is 0 Å². The van der Waals surface area contributed by atoms with Crippen molar-refractivity contribution >= 4 is 21.7 Å². The number of para-hydroxylation sites is 1. The van der Waals surface area contributed by atoms with Crippen molar-refractivity contribution in [3.05, 3.63) is 29.8 Å². The topological polar surface area (TPSA) is 63.7 Å². The fraction of sp³-hybridized carbons (Fsp3) is 0.462. The Kier molecular flexibility index (Phi) is 3.54. The zero-order chi connectivity index (χ0) is 14.2. The van der Waals surface area contributed by atoms with Crippen LogP contribution in [0.5, 0.6) is 0 Å². The molecule has 1 aliphatic heterocycles. The molecule has 0 saturated heterocycles. The predicted octanol–water partition coefficient (Wildman–Crippen LogP) is 1.50.